The number of nitriles is 1. The summed E-state index contributed by atoms with van der Waals surface area (Å²) in [5.41, 5.74) is 1.03. The molecule has 6 heteroatoms. The first-order chi connectivity index (χ1) is 8.36. The molecule has 1 aromatic carbocycles. The molecule has 1 aromatic rings. The van der Waals surface area contributed by atoms with Crippen molar-refractivity contribution in [3.05, 3.63) is 32.7 Å². The van der Waals surface area contributed by atoms with Gasteiger partial charge in [-0.2, -0.15) is 5.26 Å². The van der Waals surface area contributed by atoms with Gasteiger partial charge in [0.1, 0.15) is 9.84 Å². The maximum Gasteiger partial charge on any atom is 0.149 e. The Morgan fingerprint density at radius 1 is 1.17 bits per heavy atom. The Morgan fingerprint density at radius 3 is 2.06 bits per heavy atom. The largest absolute Gasteiger partial charge is 0.229 e. The normalized spacial score (nSPS) is 10.2. The van der Waals surface area contributed by atoms with Crippen LogP contribution in [0.15, 0.2) is 27.1 Å². The third-order valence-corrected chi connectivity index (χ3v) is 5.79. The van der Waals surface area contributed by atoms with Crippen LogP contribution in [0.5, 0.6) is 0 Å². The minimum atomic E-state index is -2.66. The third kappa shape index (κ3) is 7.14. The molecule has 0 aliphatic rings. The van der Waals surface area contributed by atoms with Crippen LogP contribution in [0.2, 0.25) is 0 Å². The maximum atomic E-state index is 10.4. The zero-order chi connectivity index (χ0) is 14.2. The first kappa shape index (κ1) is 17.6. The second kappa shape index (κ2) is 8.68. The molecule has 0 aliphatic carbocycles. The molecule has 0 fully saturated rings. The van der Waals surface area contributed by atoms with Crippen LogP contribution in [0.3, 0.4) is 0 Å². The molecule has 0 radical (unpaired) electrons. The molecular formula is C12H15Br2NO2S. The SMILES string of the molecule is CCS(=O)(=O)CC.N#CCc1ccc(Br)c(Br)c1. The molecular weight excluding hydrogens is 382 g/mol. The number of hydrogen-bond acceptors (Lipinski definition) is 3. The Bertz CT molecular complexity index is 511. The summed E-state index contributed by atoms with van der Waals surface area (Å²) in [6.45, 7) is 3.30. The van der Waals surface area contributed by atoms with Crippen molar-refractivity contribution in [1.82, 2.24) is 0 Å². The van der Waals surface area contributed by atoms with Gasteiger partial charge < -0.3 is 0 Å². The molecule has 0 spiro atoms. The van der Waals surface area contributed by atoms with Crippen LogP contribution in [-0.2, 0) is 16.3 Å². The number of benzene rings is 1. The number of halogens is 2. The van der Waals surface area contributed by atoms with Crippen LogP contribution in [0.4, 0.5) is 0 Å². The topological polar surface area (TPSA) is 57.9 Å². The average Bonchev–Trinajstić information content (AvgIpc) is 2.35. The summed E-state index contributed by atoms with van der Waals surface area (Å²) in [7, 11) is -2.66. The number of sulfone groups is 1. The lowest BCUT2D eigenvalue weighted by Crippen LogP contribution is -2.04. The fraction of sp³-hybridized carbons (Fsp3) is 0.417. The zero-order valence-corrected chi connectivity index (χ0v) is 14.3. The quantitative estimate of drug-likeness (QED) is 0.782. The lowest BCUT2D eigenvalue weighted by atomic mass is 10.2. The lowest BCUT2D eigenvalue weighted by molar-refractivity contribution is 0.598. The van der Waals surface area contributed by atoms with Gasteiger partial charge in [-0.15, -0.1) is 0 Å². The van der Waals surface area contributed by atoms with Crippen molar-refractivity contribution < 1.29 is 8.42 Å². The summed E-state index contributed by atoms with van der Waals surface area (Å²) in [6.07, 6.45) is 0.464. The summed E-state index contributed by atoms with van der Waals surface area (Å²) < 4.78 is 22.7. The van der Waals surface area contributed by atoms with Gasteiger partial charge in [0.25, 0.3) is 0 Å². The molecule has 0 amide bonds. The van der Waals surface area contributed by atoms with Crippen molar-refractivity contribution in [3.63, 3.8) is 0 Å². The summed E-state index contributed by atoms with van der Waals surface area (Å²) >= 11 is 6.71. The smallest absolute Gasteiger partial charge is 0.149 e. The van der Waals surface area contributed by atoms with Gasteiger partial charge >= 0.3 is 0 Å². The summed E-state index contributed by atoms with van der Waals surface area (Å²) in [5, 5.41) is 8.40. The Morgan fingerprint density at radius 2 is 1.72 bits per heavy atom. The Balaban J connectivity index is 0.000000360. The Labute approximate surface area is 125 Å². The minimum absolute atomic E-state index is 0.267. The number of hydrogen-bond donors (Lipinski definition) is 0. The second-order valence-corrected chi connectivity index (χ2v) is 7.75. The summed E-state index contributed by atoms with van der Waals surface area (Å²) in [6, 6.07) is 7.89. The van der Waals surface area contributed by atoms with Crippen LogP contribution in [0.1, 0.15) is 19.4 Å². The molecule has 0 aromatic heterocycles. The van der Waals surface area contributed by atoms with Crippen LogP contribution >= 0.6 is 31.9 Å². The molecule has 1 rings (SSSR count). The second-order valence-electron chi connectivity index (χ2n) is 3.40. The highest BCUT2D eigenvalue weighted by atomic mass is 79.9. The molecule has 0 aliphatic heterocycles. The molecule has 0 N–H and O–H groups in total. The van der Waals surface area contributed by atoms with E-state index in [4.69, 9.17) is 5.26 Å². The van der Waals surface area contributed by atoms with Gasteiger partial charge in [0.2, 0.25) is 0 Å². The molecule has 0 unspecified atom stereocenters. The van der Waals surface area contributed by atoms with E-state index in [1.54, 1.807) is 13.8 Å². The highest BCUT2D eigenvalue weighted by Gasteiger charge is 1.99. The molecule has 0 atom stereocenters. The van der Waals surface area contributed by atoms with Crippen molar-refractivity contribution in [2.75, 3.05) is 11.5 Å². The van der Waals surface area contributed by atoms with Crippen LogP contribution in [-0.4, -0.2) is 19.9 Å². The zero-order valence-electron chi connectivity index (χ0n) is 10.3. The fourth-order valence-corrected chi connectivity index (χ4v) is 2.03. The molecule has 18 heavy (non-hydrogen) atoms. The van der Waals surface area contributed by atoms with E-state index in [1.165, 1.54) is 0 Å². The van der Waals surface area contributed by atoms with Crippen molar-refractivity contribution in [3.8, 4) is 6.07 Å². The van der Waals surface area contributed by atoms with E-state index < -0.39 is 9.84 Å². The van der Waals surface area contributed by atoms with Crippen LogP contribution < -0.4 is 0 Å². The molecule has 0 saturated carbocycles. The molecule has 0 bridgehead atoms. The molecule has 100 valence electrons. The monoisotopic (exact) mass is 395 g/mol. The lowest BCUT2D eigenvalue weighted by Gasteiger charge is -1.97. The van der Waals surface area contributed by atoms with Crippen LogP contribution in [0, 0.1) is 11.3 Å². The predicted molar refractivity (Wildman–Crippen MR) is 81.2 cm³/mol. The van der Waals surface area contributed by atoms with E-state index in [0.29, 0.717) is 6.42 Å². The molecule has 0 saturated heterocycles. The highest BCUT2D eigenvalue weighted by molar-refractivity contribution is 9.13. The van der Waals surface area contributed by atoms with E-state index in [1.807, 2.05) is 18.2 Å². The molecule has 0 heterocycles. The van der Waals surface area contributed by atoms with E-state index in [2.05, 4.69) is 37.9 Å². The predicted octanol–water partition coefficient (Wildman–Crippen LogP) is 3.72. The van der Waals surface area contributed by atoms with Crippen molar-refractivity contribution in [2.24, 2.45) is 0 Å². The number of nitrogens with zero attached hydrogens (tertiary/aromatic N) is 1. The van der Waals surface area contributed by atoms with E-state index in [9.17, 15) is 8.42 Å². The summed E-state index contributed by atoms with van der Waals surface area (Å²) in [4.78, 5) is 0. The van der Waals surface area contributed by atoms with Crippen LogP contribution in [0.25, 0.3) is 0 Å². The van der Waals surface area contributed by atoms with Crippen molar-refractivity contribution in [2.45, 2.75) is 20.3 Å². The van der Waals surface area contributed by atoms with Gasteiger partial charge in [-0.25, -0.2) is 8.42 Å². The van der Waals surface area contributed by atoms with E-state index in [0.717, 1.165) is 14.5 Å². The van der Waals surface area contributed by atoms with Gasteiger partial charge in [-0.3, -0.25) is 0 Å². The van der Waals surface area contributed by atoms with Crippen molar-refractivity contribution >= 4 is 41.7 Å². The van der Waals surface area contributed by atoms with E-state index in [-0.39, 0.29) is 11.5 Å². The minimum Gasteiger partial charge on any atom is -0.229 e. The van der Waals surface area contributed by atoms with Gasteiger partial charge in [0.05, 0.1) is 12.5 Å². The maximum absolute atomic E-state index is 10.4. The van der Waals surface area contributed by atoms with Crippen molar-refractivity contribution in [1.29, 1.82) is 5.26 Å². The molecule has 3 nitrogen and oxygen atoms in total. The van der Waals surface area contributed by atoms with Gasteiger partial charge in [0, 0.05) is 20.5 Å². The first-order valence-electron chi connectivity index (χ1n) is 5.37. The van der Waals surface area contributed by atoms with Gasteiger partial charge in [0.15, 0.2) is 0 Å². The first-order valence-corrected chi connectivity index (χ1v) is 8.78. The fourth-order valence-electron chi connectivity index (χ4n) is 0.945. The number of rotatable bonds is 3. The highest BCUT2D eigenvalue weighted by Crippen LogP contribution is 2.23. The average molecular weight is 397 g/mol. The third-order valence-electron chi connectivity index (χ3n) is 2.15. The summed E-state index contributed by atoms with van der Waals surface area (Å²) in [5.74, 6) is 0.535. The standard InChI is InChI=1S/C8H5Br2N.C4H10O2S/c9-7-2-1-6(3-4-11)5-8(7)10;1-3-7(5,6)4-2/h1-2,5H,3H2;3-4H2,1-2H3. The Hall–Kier alpha value is -0.380. The van der Waals surface area contributed by atoms with E-state index >= 15 is 0 Å². The Kier molecular flexibility index (Phi) is 8.49. The van der Waals surface area contributed by atoms with Gasteiger partial charge in [-0.05, 0) is 49.6 Å². The van der Waals surface area contributed by atoms with Gasteiger partial charge in [-0.1, -0.05) is 19.9 Å².